The molecule has 3 aromatic rings. The highest BCUT2D eigenvalue weighted by Gasteiger charge is 2.60. The SMILES string of the molecule is COc1ccc(N2C(=O)CC2(C(=O)Nc2c(C)cccc2C)c2ccc(C)o2)cc1. The number of carbonyl (C=O) groups excluding carboxylic acids is 2. The highest BCUT2D eigenvalue weighted by Crippen LogP contribution is 2.46. The number of furan rings is 1. The van der Waals surface area contributed by atoms with E-state index < -0.39 is 5.54 Å². The largest absolute Gasteiger partial charge is 0.497 e. The second kappa shape index (κ2) is 7.37. The van der Waals surface area contributed by atoms with Crippen molar-refractivity contribution in [1.82, 2.24) is 0 Å². The number of aryl methyl sites for hydroxylation is 3. The number of β-lactam (4-membered cyclic amide) rings is 1. The Morgan fingerprint density at radius 1 is 1.03 bits per heavy atom. The first-order valence-electron chi connectivity index (χ1n) is 9.78. The number of para-hydroxylation sites is 1. The number of nitrogens with one attached hydrogen (secondary N) is 1. The first kappa shape index (κ1) is 19.8. The maximum Gasteiger partial charge on any atom is 0.259 e. The number of ether oxygens (including phenoxy) is 1. The van der Waals surface area contributed by atoms with Crippen LogP contribution in [0, 0.1) is 20.8 Å². The average Bonchev–Trinajstić information content (AvgIpc) is 3.15. The number of amides is 2. The van der Waals surface area contributed by atoms with Crippen molar-refractivity contribution in [1.29, 1.82) is 0 Å². The molecule has 4 rings (SSSR count). The van der Waals surface area contributed by atoms with Crippen LogP contribution in [0.1, 0.15) is 29.1 Å². The Kier molecular flexibility index (Phi) is 4.86. The van der Waals surface area contributed by atoms with Gasteiger partial charge in [-0.3, -0.25) is 14.5 Å². The summed E-state index contributed by atoms with van der Waals surface area (Å²) in [5.74, 6) is 1.35. The van der Waals surface area contributed by atoms with Crippen molar-refractivity contribution in [2.24, 2.45) is 0 Å². The number of carbonyl (C=O) groups is 2. The van der Waals surface area contributed by atoms with Gasteiger partial charge in [-0.25, -0.2) is 0 Å². The summed E-state index contributed by atoms with van der Waals surface area (Å²) < 4.78 is 11.1. The van der Waals surface area contributed by atoms with Crippen LogP contribution in [0.15, 0.2) is 59.0 Å². The second-order valence-corrected chi connectivity index (χ2v) is 7.60. The number of rotatable bonds is 5. The van der Waals surface area contributed by atoms with Crippen molar-refractivity contribution in [3.8, 4) is 5.75 Å². The Morgan fingerprint density at radius 2 is 1.70 bits per heavy atom. The molecule has 0 bridgehead atoms. The normalized spacial score (nSPS) is 18.1. The van der Waals surface area contributed by atoms with Crippen molar-refractivity contribution in [2.45, 2.75) is 32.7 Å². The molecule has 1 unspecified atom stereocenters. The molecule has 2 heterocycles. The van der Waals surface area contributed by atoms with E-state index >= 15 is 0 Å². The highest BCUT2D eigenvalue weighted by atomic mass is 16.5. The van der Waals surface area contributed by atoms with Gasteiger partial charge in [0.1, 0.15) is 17.3 Å². The van der Waals surface area contributed by atoms with Gasteiger partial charge in [0.25, 0.3) is 5.91 Å². The van der Waals surface area contributed by atoms with Gasteiger partial charge in [-0.1, -0.05) is 18.2 Å². The van der Waals surface area contributed by atoms with E-state index in [2.05, 4.69) is 5.32 Å². The number of methoxy groups -OCH3 is 1. The van der Waals surface area contributed by atoms with Crippen LogP contribution in [0.3, 0.4) is 0 Å². The minimum absolute atomic E-state index is 0.0305. The third kappa shape index (κ3) is 3.05. The molecule has 154 valence electrons. The van der Waals surface area contributed by atoms with Gasteiger partial charge in [-0.2, -0.15) is 0 Å². The molecule has 1 saturated heterocycles. The maximum absolute atomic E-state index is 13.7. The zero-order valence-electron chi connectivity index (χ0n) is 17.5. The van der Waals surface area contributed by atoms with E-state index in [1.807, 2.05) is 39.0 Å². The van der Waals surface area contributed by atoms with Gasteiger partial charge in [0.05, 0.1) is 13.5 Å². The molecular weight excluding hydrogens is 380 g/mol. The standard InChI is InChI=1S/C24H24N2O4/c1-15-6-5-7-16(2)22(15)25-23(28)24(20-13-8-17(3)30-20)14-21(27)26(24)18-9-11-19(29-4)12-10-18/h5-13H,14H2,1-4H3,(H,25,28). The molecule has 0 spiro atoms. The van der Waals surface area contributed by atoms with Gasteiger partial charge in [-0.05, 0) is 68.3 Å². The van der Waals surface area contributed by atoms with Gasteiger partial charge < -0.3 is 14.5 Å². The van der Waals surface area contributed by atoms with E-state index in [-0.39, 0.29) is 18.2 Å². The van der Waals surface area contributed by atoms with Crippen LogP contribution < -0.4 is 15.0 Å². The molecule has 0 aliphatic carbocycles. The van der Waals surface area contributed by atoms with E-state index in [1.54, 1.807) is 43.5 Å². The van der Waals surface area contributed by atoms with Gasteiger partial charge in [-0.15, -0.1) is 0 Å². The van der Waals surface area contributed by atoms with Crippen molar-refractivity contribution >= 4 is 23.2 Å². The summed E-state index contributed by atoms with van der Waals surface area (Å²) >= 11 is 0. The van der Waals surface area contributed by atoms with Gasteiger partial charge >= 0.3 is 0 Å². The summed E-state index contributed by atoms with van der Waals surface area (Å²) in [7, 11) is 1.58. The molecule has 6 heteroatoms. The van der Waals surface area contributed by atoms with E-state index in [4.69, 9.17) is 9.15 Å². The average molecular weight is 404 g/mol. The van der Waals surface area contributed by atoms with Crippen molar-refractivity contribution < 1.29 is 18.7 Å². The quantitative estimate of drug-likeness (QED) is 0.636. The van der Waals surface area contributed by atoms with E-state index in [0.29, 0.717) is 23.0 Å². The van der Waals surface area contributed by atoms with Crippen LogP contribution in [-0.4, -0.2) is 18.9 Å². The van der Waals surface area contributed by atoms with Crippen LogP contribution in [0.5, 0.6) is 5.75 Å². The number of benzene rings is 2. The zero-order chi connectivity index (χ0) is 21.5. The summed E-state index contributed by atoms with van der Waals surface area (Å²) in [6, 6.07) is 16.5. The Bertz CT molecular complexity index is 1100. The molecule has 0 saturated carbocycles. The molecule has 1 aromatic heterocycles. The molecule has 1 fully saturated rings. The molecular formula is C24H24N2O4. The zero-order valence-corrected chi connectivity index (χ0v) is 17.5. The van der Waals surface area contributed by atoms with E-state index in [9.17, 15) is 9.59 Å². The topological polar surface area (TPSA) is 71.8 Å². The second-order valence-electron chi connectivity index (χ2n) is 7.60. The lowest BCUT2D eigenvalue weighted by molar-refractivity contribution is -0.138. The molecule has 2 amide bonds. The first-order chi connectivity index (χ1) is 14.4. The fourth-order valence-electron chi connectivity index (χ4n) is 3.97. The van der Waals surface area contributed by atoms with Gasteiger partial charge in [0.15, 0.2) is 5.54 Å². The van der Waals surface area contributed by atoms with Crippen molar-refractivity contribution in [2.75, 3.05) is 17.3 Å². The minimum Gasteiger partial charge on any atom is -0.497 e. The monoisotopic (exact) mass is 404 g/mol. The third-order valence-corrected chi connectivity index (χ3v) is 5.61. The molecule has 30 heavy (non-hydrogen) atoms. The molecule has 6 nitrogen and oxygen atoms in total. The summed E-state index contributed by atoms with van der Waals surface area (Å²) in [6.07, 6.45) is 0.0305. The molecule has 1 aliphatic heterocycles. The summed E-state index contributed by atoms with van der Waals surface area (Å²) in [6.45, 7) is 5.71. The Morgan fingerprint density at radius 3 is 2.23 bits per heavy atom. The smallest absolute Gasteiger partial charge is 0.259 e. The summed E-state index contributed by atoms with van der Waals surface area (Å²) in [5.41, 5.74) is 2.01. The highest BCUT2D eigenvalue weighted by molar-refractivity contribution is 6.16. The molecule has 0 radical (unpaired) electrons. The van der Waals surface area contributed by atoms with Crippen LogP contribution >= 0.6 is 0 Å². The number of hydrogen-bond acceptors (Lipinski definition) is 4. The lowest BCUT2D eigenvalue weighted by atomic mass is 9.79. The van der Waals surface area contributed by atoms with Crippen LogP contribution in [0.4, 0.5) is 11.4 Å². The van der Waals surface area contributed by atoms with Crippen molar-refractivity contribution in [3.05, 3.63) is 77.2 Å². The Balaban J connectivity index is 1.79. The van der Waals surface area contributed by atoms with Crippen LogP contribution in [0.25, 0.3) is 0 Å². The first-order valence-corrected chi connectivity index (χ1v) is 9.78. The molecule has 2 aromatic carbocycles. The van der Waals surface area contributed by atoms with E-state index in [1.165, 1.54) is 4.90 Å². The van der Waals surface area contributed by atoms with Crippen LogP contribution in [-0.2, 0) is 15.1 Å². The fraction of sp³-hybridized carbons (Fsp3) is 0.250. The summed E-state index contributed by atoms with van der Waals surface area (Å²) in [4.78, 5) is 27.9. The maximum atomic E-state index is 13.7. The van der Waals surface area contributed by atoms with Crippen LogP contribution in [0.2, 0.25) is 0 Å². The molecule has 1 aliphatic rings. The molecule has 1 atom stereocenters. The lowest BCUT2D eigenvalue weighted by Gasteiger charge is -2.49. The lowest BCUT2D eigenvalue weighted by Crippen LogP contribution is -2.67. The Hall–Kier alpha value is -3.54. The predicted molar refractivity (Wildman–Crippen MR) is 115 cm³/mol. The van der Waals surface area contributed by atoms with Crippen molar-refractivity contribution in [3.63, 3.8) is 0 Å². The number of nitrogens with zero attached hydrogens (tertiary/aromatic N) is 1. The fourth-order valence-corrected chi connectivity index (χ4v) is 3.97. The van der Waals surface area contributed by atoms with E-state index in [0.717, 1.165) is 16.8 Å². The number of hydrogen-bond donors (Lipinski definition) is 1. The summed E-state index contributed by atoms with van der Waals surface area (Å²) in [5, 5.41) is 3.05. The third-order valence-electron chi connectivity index (χ3n) is 5.61. The molecule has 1 N–H and O–H groups in total. The minimum atomic E-state index is -1.26. The Labute approximate surface area is 175 Å². The number of anilines is 2. The van der Waals surface area contributed by atoms with Gasteiger partial charge in [0, 0.05) is 11.4 Å². The van der Waals surface area contributed by atoms with Gasteiger partial charge in [0.2, 0.25) is 5.91 Å². The predicted octanol–water partition coefficient (Wildman–Crippen LogP) is 4.48.